The van der Waals surface area contributed by atoms with Crippen molar-refractivity contribution in [3.05, 3.63) is 124 Å². The van der Waals surface area contributed by atoms with E-state index < -0.39 is 28.5 Å². The number of nitrogens with one attached hydrogen (secondary N) is 1. The molecule has 8 nitrogen and oxygen atoms in total. The number of hydrogen-bond donors (Lipinski definition) is 1. The number of carbonyl (C=O) groups excluding carboxylic acids is 2. The molecule has 0 bridgehead atoms. The molecule has 0 fully saturated rings. The van der Waals surface area contributed by atoms with Crippen molar-refractivity contribution < 1.29 is 22.7 Å². The number of sulfonamides is 1. The van der Waals surface area contributed by atoms with Gasteiger partial charge in [-0.15, -0.1) is 0 Å². The van der Waals surface area contributed by atoms with Crippen molar-refractivity contribution >= 4 is 43.5 Å². The van der Waals surface area contributed by atoms with Gasteiger partial charge in [0.2, 0.25) is 11.8 Å². The van der Waals surface area contributed by atoms with Gasteiger partial charge in [-0.05, 0) is 87.4 Å². The first-order valence-corrected chi connectivity index (χ1v) is 17.4. The number of anilines is 1. The maximum absolute atomic E-state index is 14.5. The van der Waals surface area contributed by atoms with Crippen molar-refractivity contribution in [1.82, 2.24) is 10.2 Å². The Morgan fingerprint density at radius 3 is 2.07 bits per heavy atom. The van der Waals surface area contributed by atoms with Gasteiger partial charge in [-0.3, -0.25) is 13.9 Å². The summed E-state index contributed by atoms with van der Waals surface area (Å²) in [7, 11) is -4.19. The van der Waals surface area contributed by atoms with Crippen LogP contribution in [0.1, 0.15) is 37.5 Å². The summed E-state index contributed by atoms with van der Waals surface area (Å²) in [6, 6.07) is 29.0. The van der Waals surface area contributed by atoms with Gasteiger partial charge in [-0.1, -0.05) is 76.1 Å². The van der Waals surface area contributed by atoms with E-state index in [1.165, 1.54) is 17.0 Å². The van der Waals surface area contributed by atoms with Gasteiger partial charge in [-0.25, -0.2) is 8.42 Å². The summed E-state index contributed by atoms with van der Waals surface area (Å²) in [6.45, 7) is 7.48. The Hall–Kier alpha value is -4.15. The highest BCUT2D eigenvalue weighted by molar-refractivity contribution is 9.10. The molecule has 4 aromatic rings. The van der Waals surface area contributed by atoms with Gasteiger partial charge in [0, 0.05) is 23.5 Å². The Bertz CT molecular complexity index is 1700. The van der Waals surface area contributed by atoms with E-state index in [1.807, 2.05) is 82.3 Å². The van der Waals surface area contributed by atoms with E-state index in [1.54, 1.807) is 36.4 Å². The molecule has 1 N–H and O–H groups in total. The van der Waals surface area contributed by atoms with E-state index in [4.69, 9.17) is 4.74 Å². The third-order valence-corrected chi connectivity index (χ3v) is 9.61. The molecular formula is C36H40BrN3O5S. The fraction of sp³-hybridized carbons (Fsp3) is 0.278. The topological polar surface area (TPSA) is 96.0 Å². The zero-order valence-electron chi connectivity index (χ0n) is 26.5. The van der Waals surface area contributed by atoms with Crippen molar-refractivity contribution in [3.8, 4) is 5.75 Å². The number of nitrogens with zero attached hydrogens (tertiary/aromatic N) is 2. The average Bonchev–Trinajstić information content (AvgIpc) is 3.03. The lowest BCUT2D eigenvalue weighted by Gasteiger charge is -2.34. The molecule has 0 heterocycles. The smallest absolute Gasteiger partial charge is 0.264 e. The molecule has 0 aliphatic carbocycles. The molecule has 4 rings (SSSR count). The van der Waals surface area contributed by atoms with Crippen LogP contribution in [0.3, 0.4) is 0 Å². The fourth-order valence-electron chi connectivity index (χ4n) is 4.96. The number of hydrogen-bond acceptors (Lipinski definition) is 5. The first-order chi connectivity index (χ1) is 22.0. The van der Waals surface area contributed by atoms with Gasteiger partial charge in [0.25, 0.3) is 10.0 Å². The number of rotatable bonds is 14. The third kappa shape index (κ3) is 9.20. The third-order valence-electron chi connectivity index (χ3n) is 7.29. The molecule has 4 aromatic carbocycles. The lowest BCUT2D eigenvalue weighted by Crippen LogP contribution is -2.54. The minimum atomic E-state index is -4.19. The zero-order chi connectivity index (χ0) is 33.3. The molecule has 10 heteroatoms. The van der Waals surface area contributed by atoms with Crippen LogP contribution in [0.25, 0.3) is 0 Å². The van der Waals surface area contributed by atoms with Crippen molar-refractivity contribution in [2.24, 2.45) is 0 Å². The first kappa shape index (κ1) is 34.7. The quantitative estimate of drug-likeness (QED) is 0.161. The van der Waals surface area contributed by atoms with Gasteiger partial charge in [-0.2, -0.15) is 0 Å². The molecule has 242 valence electrons. The summed E-state index contributed by atoms with van der Waals surface area (Å²) < 4.78 is 35.9. The zero-order valence-corrected chi connectivity index (χ0v) is 28.9. The van der Waals surface area contributed by atoms with Crippen molar-refractivity contribution in [1.29, 1.82) is 0 Å². The Kier molecular flexibility index (Phi) is 12.0. The minimum Gasteiger partial charge on any atom is -0.494 e. The van der Waals surface area contributed by atoms with Gasteiger partial charge >= 0.3 is 0 Å². The molecule has 46 heavy (non-hydrogen) atoms. The van der Waals surface area contributed by atoms with E-state index in [0.717, 1.165) is 25.5 Å². The second-order valence-corrected chi connectivity index (χ2v) is 14.0. The monoisotopic (exact) mass is 705 g/mol. The Morgan fingerprint density at radius 1 is 0.848 bits per heavy atom. The summed E-state index contributed by atoms with van der Waals surface area (Å²) in [5, 5.41) is 2.97. The van der Waals surface area contributed by atoms with E-state index in [9.17, 15) is 18.0 Å². The van der Waals surface area contributed by atoms with Crippen LogP contribution in [-0.2, 0) is 32.6 Å². The highest BCUT2D eigenvalue weighted by Gasteiger charge is 2.34. The molecule has 0 unspecified atom stereocenters. The van der Waals surface area contributed by atoms with E-state index in [0.29, 0.717) is 18.0 Å². The normalized spacial score (nSPS) is 12.0. The first-order valence-electron chi connectivity index (χ1n) is 15.2. The maximum Gasteiger partial charge on any atom is 0.264 e. The van der Waals surface area contributed by atoms with Gasteiger partial charge in [0.1, 0.15) is 18.3 Å². The summed E-state index contributed by atoms with van der Waals surface area (Å²) in [5.74, 6) is -0.263. The van der Waals surface area contributed by atoms with Crippen LogP contribution in [0.5, 0.6) is 5.75 Å². The van der Waals surface area contributed by atoms with Crippen molar-refractivity contribution in [2.45, 2.75) is 57.6 Å². The lowest BCUT2D eigenvalue weighted by molar-refractivity contribution is -0.140. The number of aryl methyl sites for hydroxylation is 1. The van der Waals surface area contributed by atoms with Crippen LogP contribution in [0.2, 0.25) is 0 Å². The minimum absolute atomic E-state index is 0.0534. The second kappa shape index (κ2) is 15.9. The Balaban J connectivity index is 1.80. The Labute approximate surface area is 280 Å². The van der Waals surface area contributed by atoms with Crippen LogP contribution >= 0.6 is 15.9 Å². The van der Waals surface area contributed by atoms with E-state index in [2.05, 4.69) is 21.2 Å². The number of carbonyl (C=O) groups is 2. The van der Waals surface area contributed by atoms with Crippen LogP contribution in [0.4, 0.5) is 5.69 Å². The van der Waals surface area contributed by atoms with Gasteiger partial charge in [0.15, 0.2) is 0 Å². The molecule has 0 aliphatic heterocycles. The number of ether oxygens (including phenoxy) is 1. The van der Waals surface area contributed by atoms with Crippen molar-refractivity contribution in [2.75, 3.05) is 17.5 Å². The van der Waals surface area contributed by atoms with E-state index in [-0.39, 0.29) is 29.8 Å². The highest BCUT2D eigenvalue weighted by atomic mass is 79.9. The predicted octanol–water partition coefficient (Wildman–Crippen LogP) is 6.52. The highest BCUT2D eigenvalue weighted by Crippen LogP contribution is 2.27. The second-order valence-electron chi connectivity index (χ2n) is 11.3. The molecule has 0 spiro atoms. The standard InChI is InChI=1S/C36H40BrN3O5S/c1-5-45-32-19-17-31(18-20-32)40(46(43,44)33-21-11-27(4)12-22-33)25-35(41)39(24-29-13-15-30(37)16-14-29)34(36(42)38-26(2)3)23-28-9-7-6-8-10-28/h6-22,26,34H,5,23-25H2,1-4H3,(H,38,42)/t34-/m1/s1. The number of benzene rings is 4. The SMILES string of the molecule is CCOc1ccc(N(CC(=O)N(Cc2ccc(Br)cc2)[C@H](Cc2ccccc2)C(=O)NC(C)C)S(=O)(=O)c2ccc(C)cc2)cc1. The molecule has 0 aliphatic rings. The van der Waals surface area contributed by atoms with Gasteiger partial charge in [0.05, 0.1) is 17.2 Å². The summed E-state index contributed by atoms with van der Waals surface area (Å²) in [5.41, 5.74) is 2.87. The molecule has 0 saturated heterocycles. The fourth-order valence-corrected chi connectivity index (χ4v) is 6.64. The Morgan fingerprint density at radius 2 is 1.48 bits per heavy atom. The molecule has 0 saturated carbocycles. The van der Waals surface area contributed by atoms with Crippen LogP contribution in [0, 0.1) is 6.92 Å². The van der Waals surface area contributed by atoms with E-state index >= 15 is 0 Å². The number of amides is 2. The van der Waals surface area contributed by atoms with Gasteiger partial charge < -0.3 is 15.0 Å². The molecule has 0 radical (unpaired) electrons. The van der Waals surface area contributed by atoms with Crippen molar-refractivity contribution in [3.63, 3.8) is 0 Å². The predicted molar refractivity (Wildman–Crippen MR) is 185 cm³/mol. The maximum atomic E-state index is 14.5. The summed E-state index contributed by atoms with van der Waals surface area (Å²) in [6.07, 6.45) is 0.245. The van der Waals surface area contributed by atoms with Crippen LogP contribution in [0.15, 0.2) is 112 Å². The summed E-state index contributed by atoms with van der Waals surface area (Å²) >= 11 is 3.46. The summed E-state index contributed by atoms with van der Waals surface area (Å²) in [4.78, 5) is 29.9. The molecule has 1 atom stereocenters. The molecule has 2 amide bonds. The lowest BCUT2D eigenvalue weighted by atomic mass is 10.0. The van der Waals surface area contributed by atoms with Crippen LogP contribution < -0.4 is 14.4 Å². The largest absolute Gasteiger partial charge is 0.494 e. The van der Waals surface area contributed by atoms with Crippen LogP contribution in [-0.4, -0.2) is 50.4 Å². The average molecular weight is 707 g/mol. The number of halogens is 1. The molecule has 0 aromatic heterocycles. The molecular weight excluding hydrogens is 666 g/mol.